The molecule has 0 amide bonds. The molecule has 0 aliphatic carbocycles. The number of unbranched alkanes of at least 4 members (excludes halogenated alkanes) is 2. The highest BCUT2D eigenvalue weighted by Gasteiger charge is 2.22. The third kappa shape index (κ3) is 7.81. The van der Waals surface area contributed by atoms with Crippen molar-refractivity contribution in [3.05, 3.63) is 19.7 Å². The second kappa shape index (κ2) is 14.9. The molecule has 0 fully saturated rings. The van der Waals surface area contributed by atoms with Crippen LogP contribution in [0, 0.1) is 11.8 Å². The highest BCUT2D eigenvalue weighted by molar-refractivity contribution is 9.11. The van der Waals surface area contributed by atoms with Gasteiger partial charge in [-0.2, -0.15) is 0 Å². The Kier molecular flexibility index (Phi) is 12.0. The predicted octanol–water partition coefficient (Wildman–Crippen LogP) is 11.9. The van der Waals surface area contributed by atoms with Gasteiger partial charge in [-0.15, -0.1) is 22.7 Å². The quantitative estimate of drug-likeness (QED) is 0.116. The van der Waals surface area contributed by atoms with Crippen LogP contribution in [0.2, 0.25) is 0 Å². The van der Waals surface area contributed by atoms with Gasteiger partial charge in [0.2, 0.25) is 0 Å². The standard InChI is InChI=1S/C28H36Br2N2O2S4/c1-5-9-11-17(7-3)15-33-19-13-21(29)35-23(19)25-31-27-28(37-25)32-26(38-27)24-20(14-22(30)36-24)34-16-18(8-4)12-10-6-2/h13-14,17-18H,5-12,15-16H2,1-4H3. The summed E-state index contributed by atoms with van der Waals surface area (Å²) >= 11 is 14.0. The molecule has 4 aromatic rings. The lowest BCUT2D eigenvalue weighted by Gasteiger charge is -2.15. The van der Waals surface area contributed by atoms with Gasteiger partial charge in [-0.25, -0.2) is 9.97 Å². The third-order valence-electron chi connectivity index (χ3n) is 6.74. The molecule has 4 nitrogen and oxygen atoms in total. The van der Waals surface area contributed by atoms with E-state index >= 15 is 0 Å². The number of nitrogens with zero attached hydrogens (tertiary/aromatic N) is 2. The van der Waals surface area contributed by atoms with Gasteiger partial charge in [0, 0.05) is 12.1 Å². The summed E-state index contributed by atoms with van der Waals surface area (Å²) in [5.41, 5.74) is 0. The number of hydrogen-bond donors (Lipinski definition) is 0. The number of rotatable bonds is 16. The fourth-order valence-electron chi connectivity index (χ4n) is 4.25. The fourth-order valence-corrected chi connectivity index (χ4v) is 9.50. The Balaban J connectivity index is 1.50. The monoisotopic (exact) mass is 718 g/mol. The van der Waals surface area contributed by atoms with Crippen LogP contribution in [0.5, 0.6) is 11.5 Å². The molecule has 4 rings (SSSR count). The number of halogens is 2. The van der Waals surface area contributed by atoms with Crippen LogP contribution in [0.3, 0.4) is 0 Å². The van der Waals surface area contributed by atoms with Crippen LogP contribution in [-0.4, -0.2) is 23.2 Å². The number of fused-ring (bicyclic) bond motifs is 1. The number of thiazole rings is 2. The van der Waals surface area contributed by atoms with Gasteiger partial charge < -0.3 is 9.47 Å². The summed E-state index contributed by atoms with van der Waals surface area (Å²) < 4.78 is 14.8. The summed E-state index contributed by atoms with van der Waals surface area (Å²) in [6.07, 6.45) is 9.68. The van der Waals surface area contributed by atoms with E-state index in [1.54, 1.807) is 45.3 Å². The third-order valence-corrected chi connectivity index (χ3v) is 12.3. The van der Waals surface area contributed by atoms with Crippen molar-refractivity contribution in [2.75, 3.05) is 13.2 Å². The normalized spacial score (nSPS) is 13.3. The minimum absolute atomic E-state index is 0.589. The van der Waals surface area contributed by atoms with Gasteiger partial charge >= 0.3 is 0 Å². The van der Waals surface area contributed by atoms with Crippen LogP contribution < -0.4 is 9.47 Å². The molecule has 2 atom stereocenters. The maximum absolute atomic E-state index is 6.34. The lowest BCUT2D eigenvalue weighted by atomic mass is 10.0. The van der Waals surface area contributed by atoms with Gasteiger partial charge in [-0.05, 0) is 56.5 Å². The molecule has 2 unspecified atom stereocenters. The van der Waals surface area contributed by atoms with Crippen LogP contribution in [0.15, 0.2) is 19.7 Å². The van der Waals surface area contributed by atoms with E-state index in [4.69, 9.17) is 19.4 Å². The zero-order valence-corrected chi connectivity index (χ0v) is 28.9. The number of thiophene rings is 2. The molecular weight excluding hydrogens is 684 g/mol. The Labute approximate surface area is 259 Å². The van der Waals surface area contributed by atoms with Gasteiger partial charge in [0.15, 0.2) is 9.66 Å². The molecule has 38 heavy (non-hydrogen) atoms. The first-order valence-electron chi connectivity index (χ1n) is 13.6. The van der Waals surface area contributed by atoms with Crippen LogP contribution in [-0.2, 0) is 0 Å². The summed E-state index contributed by atoms with van der Waals surface area (Å²) in [5.74, 6) is 3.02. The molecular formula is C28H36Br2N2O2S4. The Hall–Kier alpha value is -0.520. The Morgan fingerprint density at radius 1 is 0.684 bits per heavy atom. The lowest BCUT2D eigenvalue weighted by molar-refractivity contribution is 0.234. The molecule has 0 aromatic carbocycles. The van der Waals surface area contributed by atoms with Crippen molar-refractivity contribution in [3.63, 3.8) is 0 Å². The van der Waals surface area contributed by atoms with Crippen molar-refractivity contribution in [1.29, 1.82) is 0 Å². The lowest BCUT2D eigenvalue weighted by Crippen LogP contribution is -2.11. The van der Waals surface area contributed by atoms with Gasteiger partial charge in [0.1, 0.15) is 31.3 Å². The number of hydrogen-bond acceptors (Lipinski definition) is 8. The van der Waals surface area contributed by atoms with Gasteiger partial charge in [-0.3, -0.25) is 0 Å². The van der Waals surface area contributed by atoms with Gasteiger partial charge in [0.05, 0.1) is 20.8 Å². The first-order valence-corrected chi connectivity index (χ1v) is 18.4. The average Bonchev–Trinajstić information content (AvgIpc) is 3.66. The molecule has 0 aliphatic heterocycles. The van der Waals surface area contributed by atoms with Crippen molar-refractivity contribution in [3.8, 4) is 31.3 Å². The van der Waals surface area contributed by atoms with E-state index in [0.717, 1.165) is 74.6 Å². The molecule has 10 heteroatoms. The van der Waals surface area contributed by atoms with Crippen LogP contribution >= 0.6 is 77.2 Å². The van der Waals surface area contributed by atoms with Crippen molar-refractivity contribution >= 4 is 86.9 Å². The molecule has 0 spiro atoms. The van der Waals surface area contributed by atoms with Gasteiger partial charge in [-0.1, -0.05) is 88.9 Å². The topological polar surface area (TPSA) is 44.2 Å². The highest BCUT2D eigenvalue weighted by atomic mass is 79.9. The summed E-state index contributed by atoms with van der Waals surface area (Å²) in [6.45, 7) is 10.5. The van der Waals surface area contributed by atoms with Crippen molar-refractivity contribution in [2.45, 2.75) is 79.1 Å². The fraction of sp³-hybridized carbons (Fsp3) is 0.571. The van der Waals surface area contributed by atoms with Crippen molar-refractivity contribution in [1.82, 2.24) is 9.97 Å². The molecule has 0 N–H and O–H groups in total. The van der Waals surface area contributed by atoms with E-state index in [0.29, 0.717) is 11.8 Å². The van der Waals surface area contributed by atoms with Crippen molar-refractivity contribution in [2.24, 2.45) is 11.8 Å². The molecule has 0 saturated heterocycles. The first kappa shape index (κ1) is 30.4. The molecule has 4 heterocycles. The minimum atomic E-state index is 0.589. The summed E-state index contributed by atoms with van der Waals surface area (Å²) in [7, 11) is 0. The summed E-state index contributed by atoms with van der Waals surface area (Å²) in [5, 5.41) is 1.95. The molecule has 4 aromatic heterocycles. The van der Waals surface area contributed by atoms with E-state index in [1.807, 2.05) is 0 Å². The highest BCUT2D eigenvalue weighted by Crippen LogP contribution is 2.48. The van der Waals surface area contributed by atoms with Gasteiger partial charge in [0.25, 0.3) is 0 Å². The molecule has 0 radical (unpaired) electrons. The average molecular weight is 721 g/mol. The first-order chi connectivity index (χ1) is 18.4. The Morgan fingerprint density at radius 3 is 1.47 bits per heavy atom. The maximum atomic E-state index is 6.34. The van der Waals surface area contributed by atoms with Crippen LogP contribution in [0.1, 0.15) is 79.1 Å². The number of ether oxygens (including phenoxy) is 2. The predicted molar refractivity (Wildman–Crippen MR) is 175 cm³/mol. The smallest absolute Gasteiger partial charge is 0.155 e. The Morgan fingerprint density at radius 2 is 1.11 bits per heavy atom. The second-order valence-corrected chi connectivity index (χ2v) is 16.4. The molecule has 0 bridgehead atoms. The van der Waals surface area contributed by atoms with Crippen LogP contribution in [0.4, 0.5) is 0 Å². The van der Waals surface area contributed by atoms with E-state index in [-0.39, 0.29) is 0 Å². The second-order valence-electron chi connectivity index (χ2n) is 9.59. The van der Waals surface area contributed by atoms with E-state index < -0.39 is 0 Å². The zero-order valence-electron chi connectivity index (χ0n) is 22.5. The summed E-state index contributed by atoms with van der Waals surface area (Å²) in [4.78, 5) is 14.1. The maximum Gasteiger partial charge on any atom is 0.155 e. The minimum Gasteiger partial charge on any atom is -0.492 e. The van der Waals surface area contributed by atoms with E-state index in [2.05, 4.69) is 71.7 Å². The van der Waals surface area contributed by atoms with E-state index in [9.17, 15) is 0 Å². The van der Waals surface area contributed by atoms with Crippen molar-refractivity contribution < 1.29 is 9.47 Å². The Bertz CT molecular complexity index is 1170. The molecule has 0 saturated carbocycles. The molecule has 208 valence electrons. The van der Waals surface area contributed by atoms with E-state index in [1.165, 1.54) is 38.5 Å². The summed E-state index contributed by atoms with van der Waals surface area (Å²) in [6, 6.07) is 4.16. The molecule has 0 aliphatic rings. The SMILES string of the molecule is CCCCC(CC)COc1cc(Br)sc1-c1nc2sc(-c3sc(Br)cc3OCC(CC)CCCC)nc2s1. The largest absolute Gasteiger partial charge is 0.492 e. The number of aromatic nitrogens is 2. The van der Waals surface area contributed by atoms with Crippen LogP contribution in [0.25, 0.3) is 29.4 Å². The zero-order chi connectivity index (χ0) is 27.1.